The minimum absolute atomic E-state index is 0.0608. The van der Waals surface area contributed by atoms with E-state index in [4.69, 9.17) is 5.73 Å². The summed E-state index contributed by atoms with van der Waals surface area (Å²) in [6.45, 7) is 0.670. The van der Waals surface area contributed by atoms with Crippen LogP contribution in [0.15, 0.2) is 35.0 Å². The van der Waals surface area contributed by atoms with Crippen LogP contribution in [0.25, 0.3) is 0 Å². The van der Waals surface area contributed by atoms with Crippen molar-refractivity contribution < 1.29 is 9.18 Å². The minimum Gasteiger partial charge on any atom is -0.399 e. The first kappa shape index (κ1) is 13.1. The van der Waals surface area contributed by atoms with Gasteiger partial charge in [0.1, 0.15) is 5.82 Å². The van der Waals surface area contributed by atoms with Gasteiger partial charge in [-0.3, -0.25) is 4.79 Å². The van der Waals surface area contributed by atoms with Crippen LogP contribution in [0.4, 0.5) is 10.1 Å². The van der Waals surface area contributed by atoms with E-state index in [9.17, 15) is 9.18 Å². The fraction of sp³-hybridized carbons (Fsp3) is 0.267. The number of benzene rings is 1. The molecule has 1 aliphatic heterocycles. The van der Waals surface area contributed by atoms with Gasteiger partial charge in [0.2, 0.25) is 0 Å². The van der Waals surface area contributed by atoms with E-state index >= 15 is 0 Å². The highest BCUT2D eigenvalue weighted by Gasteiger charge is 2.31. The monoisotopic (exact) mass is 290 g/mol. The predicted octanol–water partition coefficient (Wildman–Crippen LogP) is 3.45. The zero-order chi connectivity index (χ0) is 14.1. The molecular formula is C15H15FN2OS. The summed E-state index contributed by atoms with van der Waals surface area (Å²) in [7, 11) is 0. The Labute approximate surface area is 120 Å². The molecule has 2 N–H and O–H groups in total. The Balaban J connectivity index is 1.89. The summed E-state index contributed by atoms with van der Waals surface area (Å²) in [6, 6.07) is 6.32. The van der Waals surface area contributed by atoms with Gasteiger partial charge in [-0.2, -0.15) is 11.3 Å². The SMILES string of the molecule is Nc1ccc(C(=O)N2CCCC2c2ccsc2)c(F)c1. The van der Waals surface area contributed by atoms with E-state index in [1.807, 2.05) is 11.4 Å². The number of thiophene rings is 1. The van der Waals surface area contributed by atoms with Crippen molar-refractivity contribution in [1.82, 2.24) is 4.90 Å². The molecule has 1 aromatic heterocycles. The number of likely N-dealkylation sites (tertiary alicyclic amines) is 1. The smallest absolute Gasteiger partial charge is 0.257 e. The fourth-order valence-corrected chi connectivity index (χ4v) is 3.39. The summed E-state index contributed by atoms with van der Waals surface area (Å²) < 4.78 is 13.9. The zero-order valence-corrected chi connectivity index (χ0v) is 11.7. The Morgan fingerprint density at radius 3 is 2.95 bits per heavy atom. The standard InChI is InChI=1S/C15H15FN2OS/c16-13-8-11(17)3-4-12(13)15(19)18-6-1-2-14(18)10-5-7-20-9-10/h3-5,7-9,14H,1-2,6,17H2. The lowest BCUT2D eigenvalue weighted by atomic mass is 10.1. The number of carbonyl (C=O) groups excluding carboxylic acids is 1. The maximum absolute atomic E-state index is 13.9. The van der Waals surface area contributed by atoms with Crippen LogP contribution in [-0.2, 0) is 0 Å². The van der Waals surface area contributed by atoms with Gasteiger partial charge in [-0.25, -0.2) is 4.39 Å². The lowest BCUT2D eigenvalue weighted by molar-refractivity contribution is 0.0731. The topological polar surface area (TPSA) is 46.3 Å². The molecule has 0 bridgehead atoms. The van der Waals surface area contributed by atoms with Crippen molar-refractivity contribution in [3.8, 4) is 0 Å². The molecule has 1 unspecified atom stereocenters. The van der Waals surface area contributed by atoms with Crippen molar-refractivity contribution in [3.63, 3.8) is 0 Å². The number of rotatable bonds is 2. The first-order valence-corrected chi connectivity index (χ1v) is 7.49. The summed E-state index contributed by atoms with van der Waals surface area (Å²) in [6.07, 6.45) is 1.88. The lowest BCUT2D eigenvalue weighted by Crippen LogP contribution is -2.31. The van der Waals surface area contributed by atoms with E-state index in [0.717, 1.165) is 18.4 Å². The van der Waals surface area contributed by atoms with Crippen molar-refractivity contribution in [3.05, 3.63) is 52.0 Å². The first-order chi connectivity index (χ1) is 9.66. The molecule has 1 amide bonds. The Morgan fingerprint density at radius 2 is 2.25 bits per heavy atom. The van der Waals surface area contributed by atoms with Crippen LogP contribution >= 0.6 is 11.3 Å². The molecule has 1 aromatic carbocycles. The average molecular weight is 290 g/mol. The van der Waals surface area contributed by atoms with E-state index < -0.39 is 5.82 Å². The molecule has 5 heteroatoms. The zero-order valence-electron chi connectivity index (χ0n) is 10.9. The van der Waals surface area contributed by atoms with Crippen LogP contribution in [0.3, 0.4) is 0 Å². The number of amides is 1. The molecule has 20 heavy (non-hydrogen) atoms. The number of halogens is 1. The molecule has 1 aliphatic rings. The molecule has 1 fully saturated rings. The van der Waals surface area contributed by atoms with E-state index in [1.165, 1.54) is 12.1 Å². The second-order valence-corrected chi connectivity index (χ2v) is 5.73. The minimum atomic E-state index is -0.550. The van der Waals surface area contributed by atoms with Gasteiger partial charge < -0.3 is 10.6 Å². The third-order valence-electron chi connectivity index (χ3n) is 3.67. The van der Waals surface area contributed by atoms with Crippen molar-refractivity contribution in [2.24, 2.45) is 0 Å². The largest absolute Gasteiger partial charge is 0.399 e. The fourth-order valence-electron chi connectivity index (χ4n) is 2.68. The molecule has 1 saturated heterocycles. The lowest BCUT2D eigenvalue weighted by Gasteiger charge is -2.24. The molecule has 0 aliphatic carbocycles. The number of hydrogen-bond donors (Lipinski definition) is 1. The number of nitrogen functional groups attached to an aromatic ring is 1. The Morgan fingerprint density at radius 1 is 1.40 bits per heavy atom. The Hall–Kier alpha value is -1.88. The molecule has 3 rings (SSSR count). The van der Waals surface area contributed by atoms with Gasteiger partial charge in [0, 0.05) is 12.2 Å². The van der Waals surface area contributed by atoms with Crippen LogP contribution in [0, 0.1) is 5.82 Å². The molecule has 1 atom stereocenters. The molecular weight excluding hydrogens is 275 g/mol. The number of nitrogens with zero attached hydrogens (tertiary/aromatic N) is 1. The summed E-state index contributed by atoms with van der Waals surface area (Å²) in [5, 5.41) is 4.05. The van der Waals surface area contributed by atoms with Crippen LogP contribution in [0.5, 0.6) is 0 Å². The van der Waals surface area contributed by atoms with Crippen LogP contribution in [-0.4, -0.2) is 17.4 Å². The van der Waals surface area contributed by atoms with Crippen LogP contribution < -0.4 is 5.73 Å². The third-order valence-corrected chi connectivity index (χ3v) is 4.37. The molecule has 3 nitrogen and oxygen atoms in total. The van der Waals surface area contributed by atoms with E-state index in [0.29, 0.717) is 12.2 Å². The van der Waals surface area contributed by atoms with E-state index in [-0.39, 0.29) is 17.5 Å². The van der Waals surface area contributed by atoms with Crippen molar-refractivity contribution in [1.29, 1.82) is 0 Å². The van der Waals surface area contributed by atoms with Gasteiger partial charge in [0.15, 0.2) is 0 Å². The van der Waals surface area contributed by atoms with Crippen molar-refractivity contribution in [2.45, 2.75) is 18.9 Å². The van der Waals surface area contributed by atoms with Crippen molar-refractivity contribution in [2.75, 3.05) is 12.3 Å². The van der Waals surface area contributed by atoms with Gasteiger partial charge in [0.25, 0.3) is 5.91 Å². The highest BCUT2D eigenvalue weighted by Crippen LogP contribution is 2.34. The number of anilines is 1. The van der Waals surface area contributed by atoms with Gasteiger partial charge in [0.05, 0.1) is 11.6 Å². The van der Waals surface area contributed by atoms with Crippen molar-refractivity contribution >= 4 is 22.9 Å². The molecule has 104 valence electrons. The highest BCUT2D eigenvalue weighted by molar-refractivity contribution is 7.07. The Bertz CT molecular complexity index is 627. The first-order valence-electron chi connectivity index (χ1n) is 6.55. The second kappa shape index (κ2) is 5.25. The Kier molecular flexibility index (Phi) is 3.44. The number of hydrogen-bond acceptors (Lipinski definition) is 3. The maximum Gasteiger partial charge on any atom is 0.257 e. The van der Waals surface area contributed by atoms with Crippen LogP contribution in [0.2, 0.25) is 0 Å². The van der Waals surface area contributed by atoms with Gasteiger partial charge >= 0.3 is 0 Å². The summed E-state index contributed by atoms with van der Waals surface area (Å²) in [4.78, 5) is 14.3. The van der Waals surface area contributed by atoms with E-state index in [1.54, 1.807) is 22.3 Å². The van der Waals surface area contributed by atoms with Gasteiger partial charge in [-0.05, 0) is 53.4 Å². The quantitative estimate of drug-likeness (QED) is 0.861. The molecule has 0 radical (unpaired) electrons. The molecule has 2 aromatic rings. The molecule has 2 heterocycles. The van der Waals surface area contributed by atoms with Gasteiger partial charge in [-0.15, -0.1) is 0 Å². The maximum atomic E-state index is 13.9. The summed E-state index contributed by atoms with van der Waals surface area (Å²) in [5.74, 6) is -0.804. The second-order valence-electron chi connectivity index (χ2n) is 4.95. The average Bonchev–Trinajstić information content (AvgIpc) is 3.09. The predicted molar refractivity (Wildman–Crippen MR) is 78.1 cm³/mol. The van der Waals surface area contributed by atoms with E-state index in [2.05, 4.69) is 5.38 Å². The summed E-state index contributed by atoms with van der Waals surface area (Å²) >= 11 is 1.61. The molecule has 0 saturated carbocycles. The molecule has 0 spiro atoms. The van der Waals surface area contributed by atoms with Crippen LogP contribution in [0.1, 0.15) is 34.8 Å². The number of carbonyl (C=O) groups is 1. The highest BCUT2D eigenvalue weighted by atomic mass is 32.1. The normalized spacial score (nSPS) is 18.4. The third kappa shape index (κ3) is 2.29. The van der Waals surface area contributed by atoms with Gasteiger partial charge in [-0.1, -0.05) is 0 Å². The summed E-state index contributed by atoms with van der Waals surface area (Å²) in [5.41, 5.74) is 7.08. The number of nitrogens with two attached hydrogens (primary N) is 1.